The number of hydrogen-bond acceptors (Lipinski definition) is 5. The van der Waals surface area contributed by atoms with Gasteiger partial charge < -0.3 is 14.6 Å². The van der Waals surface area contributed by atoms with E-state index in [1.54, 1.807) is 32.4 Å². The summed E-state index contributed by atoms with van der Waals surface area (Å²) in [7, 11) is 3.19. The first-order valence-electron chi connectivity index (χ1n) is 6.31. The van der Waals surface area contributed by atoms with E-state index in [1.807, 2.05) is 4.90 Å². The third kappa shape index (κ3) is 5.20. The van der Waals surface area contributed by atoms with Crippen LogP contribution >= 0.6 is 15.9 Å². The third-order valence-corrected chi connectivity index (χ3v) is 3.49. The van der Waals surface area contributed by atoms with E-state index in [9.17, 15) is 4.79 Å². The van der Waals surface area contributed by atoms with Gasteiger partial charge in [-0.05, 0) is 34.1 Å². The van der Waals surface area contributed by atoms with E-state index in [-0.39, 0.29) is 18.9 Å². The Bertz CT molecular complexity index is 439. The van der Waals surface area contributed by atoms with Crippen LogP contribution in [0.25, 0.3) is 0 Å². The molecular weight excluding hydrogens is 326 g/mol. The van der Waals surface area contributed by atoms with Gasteiger partial charge in [0.15, 0.2) is 5.78 Å². The van der Waals surface area contributed by atoms with Gasteiger partial charge in [0.05, 0.1) is 31.3 Å². The van der Waals surface area contributed by atoms with Crippen LogP contribution in [0.5, 0.6) is 5.75 Å². The molecular formula is C14H20BrNO4. The maximum absolute atomic E-state index is 12.2. The summed E-state index contributed by atoms with van der Waals surface area (Å²) in [6.45, 7) is 1.86. The van der Waals surface area contributed by atoms with E-state index < -0.39 is 0 Å². The van der Waals surface area contributed by atoms with Crippen molar-refractivity contribution in [1.82, 2.24) is 4.90 Å². The Kier molecular flexibility index (Phi) is 7.76. The Hall–Kier alpha value is -0.950. The van der Waals surface area contributed by atoms with E-state index in [0.717, 1.165) is 4.47 Å². The molecule has 6 heteroatoms. The topological polar surface area (TPSA) is 59.0 Å². The molecule has 5 nitrogen and oxygen atoms in total. The third-order valence-electron chi connectivity index (χ3n) is 2.87. The summed E-state index contributed by atoms with van der Waals surface area (Å²) in [6, 6.07) is 5.23. The molecule has 0 aliphatic rings. The number of methoxy groups -OCH3 is 2. The fourth-order valence-corrected chi connectivity index (χ4v) is 2.31. The molecule has 0 amide bonds. The van der Waals surface area contributed by atoms with Crippen LogP contribution in [0.2, 0.25) is 0 Å². The molecule has 1 rings (SSSR count). The van der Waals surface area contributed by atoms with Crippen molar-refractivity contribution in [3.63, 3.8) is 0 Å². The summed E-state index contributed by atoms with van der Waals surface area (Å²) >= 11 is 3.36. The van der Waals surface area contributed by atoms with Crippen molar-refractivity contribution >= 4 is 21.7 Å². The van der Waals surface area contributed by atoms with Gasteiger partial charge in [0.25, 0.3) is 0 Å². The predicted octanol–water partition coefficient (Wildman–Crippen LogP) is 1.58. The first-order valence-corrected chi connectivity index (χ1v) is 7.10. The quantitative estimate of drug-likeness (QED) is 0.688. The zero-order valence-corrected chi connectivity index (χ0v) is 13.4. The van der Waals surface area contributed by atoms with Crippen LogP contribution in [0, 0.1) is 0 Å². The molecule has 0 heterocycles. The highest BCUT2D eigenvalue weighted by Crippen LogP contribution is 2.25. The number of nitrogens with zero attached hydrogens (tertiary/aromatic N) is 1. The molecule has 0 aliphatic carbocycles. The molecule has 0 unspecified atom stereocenters. The van der Waals surface area contributed by atoms with Crippen LogP contribution in [-0.4, -0.2) is 62.9 Å². The van der Waals surface area contributed by atoms with Gasteiger partial charge in [0.2, 0.25) is 0 Å². The molecule has 112 valence electrons. The van der Waals surface area contributed by atoms with Crippen LogP contribution in [0.4, 0.5) is 0 Å². The lowest BCUT2D eigenvalue weighted by atomic mass is 10.1. The summed E-state index contributed by atoms with van der Waals surface area (Å²) < 4.78 is 10.9. The number of halogens is 1. The SMILES string of the molecule is COCCN(CCO)CC(=O)c1ccc(OC)c(Br)c1. The molecule has 1 aromatic rings. The van der Waals surface area contributed by atoms with Crippen molar-refractivity contribution in [3.05, 3.63) is 28.2 Å². The van der Waals surface area contributed by atoms with E-state index >= 15 is 0 Å². The van der Waals surface area contributed by atoms with E-state index in [0.29, 0.717) is 31.0 Å². The van der Waals surface area contributed by atoms with E-state index in [2.05, 4.69) is 15.9 Å². The second-order valence-electron chi connectivity index (χ2n) is 4.27. The predicted molar refractivity (Wildman–Crippen MR) is 80.4 cm³/mol. The summed E-state index contributed by atoms with van der Waals surface area (Å²) in [5.41, 5.74) is 0.609. The number of carbonyl (C=O) groups excluding carboxylic acids is 1. The number of carbonyl (C=O) groups is 1. The first kappa shape index (κ1) is 17.1. The molecule has 1 N–H and O–H groups in total. The fraction of sp³-hybridized carbons (Fsp3) is 0.500. The highest BCUT2D eigenvalue weighted by molar-refractivity contribution is 9.10. The fourth-order valence-electron chi connectivity index (χ4n) is 1.77. The molecule has 0 saturated heterocycles. The van der Waals surface area contributed by atoms with Gasteiger partial charge >= 0.3 is 0 Å². The van der Waals surface area contributed by atoms with Gasteiger partial charge in [-0.2, -0.15) is 0 Å². The Balaban J connectivity index is 2.70. The number of Topliss-reactive ketones (excluding diaryl/α,β-unsaturated/α-hetero) is 1. The zero-order valence-electron chi connectivity index (χ0n) is 11.8. The van der Waals surface area contributed by atoms with Crippen LogP contribution < -0.4 is 4.74 Å². The number of aliphatic hydroxyl groups is 1. The molecule has 0 saturated carbocycles. The van der Waals surface area contributed by atoms with Crippen molar-refractivity contribution in [1.29, 1.82) is 0 Å². The van der Waals surface area contributed by atoms with Crippen molar-refractivity contribution in [2.75, 3.05) is 47.1 Å². The highest BCUT2D eigenvalue weighted by Gasteiger charge is 2.13. The second-order valence-corrected chi connectivity index (χ2v) is 5.12. The maximum Gasteiger partial charge on any atom is 0.176 e. The summed E-state index contributed by atoms with van der Waals surface area (Å²) in [4.78, 5) is 14.1. The Morgan fingerprint density at radius 2 is 2.10 bits per heavy atom. The normalized spacial score (nSPS) is 10.8. The maximum atomic E-state index is 12.2. The molecule has 20 heavy (non-hydrogen) atoms. The molecule has 1 aromatic carbocycles. The van der Waals surface area contributed by atoms with Gasteiger partial charge in [0, 0.05) is 25.8 Å². The van der Waals surface area contributed by atoms with Gasteiger partial charge in [-0.25, -0.2) is 0 Å². The van der Waals surface area contributed by atoms with Gasteiger partial charge in [-0.3, -0.25) is 9.69 Å². The molecule has 0 atom stereocenters. The average Bonchev–Trinajstić information content (AvgIpc) is 2.44. The number of hydrogen-bond donors (Lipinski definition) is 1. The van der Waals surface area contributed by atoms with Crippen molar-refractivity contribution in [2.45, 2.75) is 0 Å². The monoisotopic (exact) mass is 345 g/mol. The zero-order chi connectivity index (χ0) is 15.0. The highest BCUT2D eigenvalue weighted by atomic mass is 79.9. The smallest absolute Gasteiger partial charge is 0.176 e. The summed E-state index contributed by atoms with van der Waals surface area (Å²) in [5, 5.41) is 9.01. The van der Waals surface area contributed by atoms with Crippen molar-refractivity contribution < 1.29 is 19.4 Å². The standard InChI is InChI=1S/C14H20BrNO4/c1-19-8-6-16(5-7-17)10-13(18)11-3-4-14(20-2)12(15)9-11/h3-4,9,17H,5-8,10H2,1-2H3. The number of rotatable bonds is 9. The molecule has 0 spiro atoms. The minimum absolute atomic E-state index is 0.00194. The second kappa shape index (κ2) is 9.07. The van der Waals surface area contributed by atoms with Crippen molar-refractivity contribution in [2.24, 2.45) is 0 Å². The number of ketones is 1. The number of benzene rings is 1. The van der Waals surface area contributed by atoms with Crippen LogP contribution in [0.1, 0.15) is 10.4 Å². The Labute approximate surface area is 127 Å². The minimum Gasteiger partial charge on any atom is -0.496 e. The Morgan fingerprint density at radius 1 is 1.35 bits per heavy atom. The lowest BCUT2D eigenvalue weighted by molar-refractivity contribution is 0.0868. The first-order chi connectivity index (χ1) is 9.62. The van der Waals surface area contributed by atoms with Gasteiger partial charge in [-0.15, -0.1) is 0 Å². The number of ether oxygens (including phenoxy) is 2. The van der Waals surface area contributed by atoms with Gasteiger partial charge in [-0.1, -0.05) is 0 Å². The Morgan fingerprint density at radius 3 is 2.65 bits per heavy atom. The molecule has 0 fully saturated rings. The molecule has 0 aromatic heterocycles. The summed E-state index contributed by atoms with van der Waals surface area (Å²) in [5.74, 6) is 0.686. The molecule has 0 bridgehead atoms. The lowest BCUT2D eigenvalue weighted by Gasteiger charge is -2.20. The van der Waals surface area contributed by atoms with Crippen LogP contribution in [0.3, 0.4) is 0 Å². The summed E-state index contributed by atoms with van der Waals surface area (Å²) in [6.07, 6.45) is 0. The molecule has 0 aliphatic heterocycles. The van der Waals surface area contributed by atoms with Crippen LogP contribution in [-0.2, 0) is 4.74 Å². The largest absolute Gasteiger partial charge is 0.496 e. The molecule has 0 radical (unpaired) electrons. The van der Waals surface area contributed by atoms with E-state index in [1.165, 1.54) is 0 Å². The van der Waals surface area contributed by atoms with Crippen LogP contribution in [0.15, 0.2) is 22.7 Å². The minimum atomic E-state index is -0.00194. The average molecular weight is 346 g/mol. The van der Waals surface area contributed by atoms with Gasteiger partial charge in [0.1, 0.15) is 5.75 Å². The van der Waals surface area contributed by atoms with Crippen molar-refractivity contribution in [3.8, 4) is 5.75 Å². The lowest BCUT2D eigenvalue weighted by Crippen LogP contribution is -2.35. The van der Waals surface area contributed by atoms with E-state index in [4.69, 9.17) is 14.6 Å². The number of aliphatic hydroxyl groups excluding tert-OH is 1.